The van der Waals surface area contributed by atoms with Crippen molar-refractivity contribution in [1.82, 2.24) is 10.2 Å². The summed E-state index contributed by atoms with van der Waals surface area (Å²) in [6.07, 6.45) is -0.00898. The number of morpholine rings is 1. The van der Waals surface area contributed by atoms with Crippen LogP contribution in [0.4, 0.5) is 0 Å². The SMILES string of the molecule is CN1CCO[C@@H](CNC(=O)c2cc3ccccc3cc2O)C1. The second-order valence-corrected chi connectivity index (χ2v) is 5.68. The van der Waals surface area contributed by atoms with Crippen LogP contribution in [0, 0.1) is 0 Å². The summed E-state index contributed by atoms with van der Waals surface area (Å²) >= 11 is 0. The number of hydrogen-bond acceptors (Lipinski definition) is 4. The van der Waals surface area contributed by atoms with E-state index in [1.165, 1.54) is 0 Å². The Kier molecular flexibility index (Phi) is 4.27. The first-order valence-corrected chi connectivity index (χ1v) is 7.43. The molecule has 2 aromatic rings. The molecule has 5 heteroatoms. The normalized spacial score (nSPS) is 19.2. The summed E-state index contributed by atoms with van der Waals surface area (Å²) in [7, 11) is 2.03. The number of amides is 1. The molecule has 0 aromatic heterocycles. The summed E-state index contributed by atoms with van der Waals surface area (Å²) in [5.74, 6) is -0.280. The second-order valence-electron chi connectivity index (χ2n) is 5.68. The molecule has 0 radical (unpaired) electrons. The van der Waals surface area contributed by atoms with Gasteiger partial charge in [-0.15, -0.1) is 0 Å². The van der Waals surface area contributed by atoms with E-state index < -0.39 is 0 Å². The number of hydrogen-bond donors (Lipinski definition) is 2. The smallest absolute Gasteiger partial charge is 0.255 e. The van der Waals surface area contributed by atoms with Crippen LogP contribution >= 0.6 is 0 Å². The van der Waals surface area contributed by atoms with Crippen LogP contribution in [0.5, 0.6) is 5.75 Å². The number of benzene rings is 2. The van der Waals surface area contributed by atoms with Gasteiger partial charge in [0.05, 0.1) is 18.3 Å². The molecular weight excluding hydrogens is 280 g/mol. The Morgan fingerprint density at radius 2 is 2.09 bits per heavy atom. The maximum atomic E-state index is 12.3. The maximum Gasteiger partial charge on any atom is 0.255 e. The average molecular weight is 300 g/mol. The van der Waals surface area contributed by atoms with Gasteiger partial charge in [-0.2, -0.15) is 0 Å². The van der Waals surface area contributed by atoms with Gasteiger partial charge in [0.2, 0.25) is 0 Å². The van der Waals surface area contributed by atoms with E-state index in [1.54, 1.807) is 12.1 Å². The first kappa shape index (κ1) is 14.8. The Balaban J connectivity index is 1.70. The highest BCUT2D eigenvalue weighted by atomic mass is 16.5. The summed E-state index contributed by atoms with van der Waals surface area (Å²) in [4.78, 5) is 14.5. The van der Waals surface area contributed by atoms with Crippen molar-refractivity contribution in [3.05, 3.63) is 42.0 Å². The summed E-state index contributed by atoms with van der Waals surface area (Å²) in [6, 6.07) is 11.0. The number of phenols is 1. The van der Waals surface area contributed by atoms with E-state index in [9.17, 15) is 9.90 Å². The fraction of sp³-hybridized carbons (Fsp3) is 0.353. The Morgan fingerprint density at radius 1 is 1.36 bits per heavy atom. The third-order valence-electron chi connectivity index (χ3n) is 3.94. The van der Waals surface area contributed by atoms with Crippen LogP contribution in [-0.2, 0) is 4.74 Å². The molecule has 0 saturated carbocycles. The first-order valence-electron chi connectivity index (χ1n) is 7.43. The lowest BCUT2D eigenvalue weighted by Gasteiger charge is -2.30. The van der Waals surface area contributed by atoms with Crippen molar-refractivity contribution < 1.29 is 14.6 Å². The highest BCUT2D eigenvalue weighted by Crippen LogP contribution is 2.24. The van der Waals surface area contributed by atoms with Gasteiger partial charge in [0.15, 0.2) is 0 Å². The van der Waals surface area contributed by atoms with Crippen molar-refractivity contribution in [2.75, 3.05) is 33.3 Å². The minimum atomic E-state index is -0.278. The van der Waals surface area contributed by atoms with Crippen molar-refractivity contribution in [2.45, 2.75) is 6.10 Å². The molecule has 1 atom stereocenters. The lowest BCUT2D eigenvalue weighted by Crippen LogP contribution is -2.45. The molecule has 1 heterocycles. The zero-order chi connectivity index (χ0) is 15.5. The molecule has 0 aliphatic carbocycles. The third kappa shape index (κ3) is 3.21. The molecule has 5 nitrogen and oxygen atoms in total. The number of carbonyl (C=O) groups excluding carboxylic acids is 1. The van der Waals surface area contributed by atoms with Gasteiger partial charge in [0.25, 0.3) is 5.91 Å². The van der Waals surface area contributed by atoms with Gasteiger partial charge >= 0.3 is 0 Å². The molecular formula is C17H20N2O3. The maximum absolute atomic E-state index is 12.3. The zero-order valence-corrected chi connectivity index (χ0v) is 12.6. The van der Waals surface area contributed by atoms with Gasteiger partial charge in [0, 0.05) is 19.6 Å². The summed E-state index contributed by atoms with van der Waals surface area (Å²) in [5.41, 5.74) is 0.294. The molecule has 1 saturated heterocycles. The topological polar surface area (TPSA) is 61.8 Å². The standard InChI is InChI=1S/C17H20N2O3/c1-19-6-7-22-14(11-19)10-18-17(21)15-8-12-4-2-3-5-13(12)9-16(15)20/h2-5,8-9,14,20H,6-7,10-11H2,1H3,(H,18,21)/t14-/m0/s1. The van der Waals surface area contributed by atoms with Gasteiger partial charge in [-0.3, -0.25) is 4.79 Å². The molecule has 0 unspecified atom stereocenters. The predicted molar refractivity (Wildman–Crippen MR) is 85.2 cm³/mol. The molecule has 1 fully saturated rings. The monoisotopic (exact) mass is 300 g/mol. The van der Waals surface area contributed by atoms with E-state index in [0.717, 1.165) is 23.9 Å². The van der Waals surface area contributed by atoms with Crippen molar-refractivity contribution in [3.8, 4) is 5.75 Å². The van der Waals surface area contributed by atoms with Crippen LogP contribution in [0.1, 0.15) is 10.4 Å². The number of likely N-dealkylation sites (N-methyl/N-ethyl adjacent to an activating group) is 1. The number of nitrogens with zero attached hydrogens (tertiary/aromatic N) is 1. The molecule has 1 amide bonds. The van der Waals surface area contributed by atoms with Gasteiger partial charge in [0.1, 0.15) is 5.75 Å². The number of fused-ring (bicyclic) bond motifs is 1. The van der Waals surface area contributed by atoms with Crippen LogP contribution < -0.4 is 5.32 Å². The molecule has 2 N–H and O–H groups in total. The van der Waals surface area contributed by atoms with Gasteiger partial charge < -0.3 is 20.1 Å². The Labute approximate surface area is 129 Å². The largest absolute Gasteiger partial charge is 0.507 e. The number of carbonyl (C=O) groups is 1. The van der Waals surface area contributed by atoms with Crippen LogP contribution in [-0.4, -0.2) is 55.3 Å². The van der Waals surface area contributed by atoms with Crippen molar-refractivity contribution >= 4 is 16.7 Å². The fourth-order valence-electron chi connectivity index (χ4n) is 2.70. The fourth-order valence-corrected chi connectivity index (χ4v) is 2.70. The van der Waals surface area contributed by atoms with Crippen LogP contribution in [0.3, 0.4) is 0 Å². The zero-order valence-electron chi connectivity index (χ0n) is 12.6. The van der Waals surface area contributed by atoms with E-state index in [-0.39, 0.29) is 17.8 Å². The average Bonchev–Trinajstić information content (AvgIpc) is 2.52. The van der Waals surface area contributed by atoms with E-state index in [0.29, 0.717) is 18.7 Å². The minimum Gasteiger partial charge on any atom is -0.507 e. The van der Waals surface area contributed by atoms with Crippen LogP contribution in [0.2, 0.25) is 0 Å². The van der Waals surface area contributed by atoms with E-state index in [2.05, 4.69) is 10.2 Å². The lowest BCUT2D eigenvalue weighted by atomic mass is 10.1. The van der Waals surface area contributed by atoms with Gasteiger partial charge in [-0.05, 0) is 30.0 Å². The Morgan fingerprint density at radius 3 is 2.82 bits per heavy atom. The number of ether oxygens (including phenoxy) is 1. The third-order valence-corrected chi connectivity index (χ3v) is 3.94. The number of phenolic OH excluding ortho intramolecular Hbond substituents is 1. The van der Waals surface area contributed by atoms with Crippen LogP contribution in [0.15, 0.2) is 36.4 Å². The second kappa shape index (κ2) is 6.34. The first-order chi connectivity index (χ1) is 10.6. The molecule has 0 spiro atoms. The molecule has 1 aliphatic rings. The van der Waals surface area contributed by atoms with Gasteiger partial charge in [-0.1, -0.05) is 24.3 Å². The van der Waals surface area contributed by atoms with Crippen molar-refractivity contribution in [2.24, 2.45) is 0 Å². The van der Waals surface area contributed by atoms with E-state index in [1.807, 2.05) is 31.3 Å². The summed E-state index contributed by atoms with van der Waals surface area (Å²) in [5, 5.41) is 14.7. The number of nitrogens with one attached hydrogen (secondary N) is 1. The Hall–Kier alpha value is -2.11. The molecule has 0 bridgehead atoms. The number of aromatic hydroxyl groups is 1. The molecule has 3 rings (SSSR count). The quantitative estimate of drug-likeness (QED) is 0.904. The predicted octanol–water partition coefficient (Wildman–Crippen LogP) is 1.61. The van der Waals surface area contributed by atoms with Crippen LogP contribution in [0.25, 0.3) is 10.8 Å². The summed E-state index contributed by atoms with van der Waals surface area (Å²) < 4.78 is 5.62. The lowest BCUT2D eigenvalue weighted by molar-refractivity contribution is -0.0175. The van der Waals surface area contributed by atoms with Gasteiger partial charge in [-0.25, -0.2) is 0 Å². The van der Waals surface area contributed by atoms with E-state index in [4.69, 9.17) is 4.74 Å². The summed E-state index contributed by atoms with van der Waals surface area (Å²) in [6.45, 7) is 2.83. The Bertz CT molecular complexity index is 687. The minimum absolute atomic E-state index is 0.00196. The highest BCUT2D eigenvalue weighted by Gasteiger charge is 2.19. The number of rotatable bonds is 3. The van der Waals surface area contributed by atoms with E-state index >= 15 is 0 Å². The molecule has 1 aliphatic heterocycles. The van der Waals surface area contributed by atoms with Crippen molar-refractivity contribution in [3.63, 3.8) is 0 Å². The molecule has 22 heavy (non-hydrogen) atoms. The van der Waals surface area contributed by atoms with Crippen molar-refractivity contribution in [1.29, 1.82) is 0 Å². The highest BCUT2D eigenvalue weighted by molar-refractivity contribution is 6.01. The molecule has 116 valence electrons. The molecule has 2 aromatic carbocycles.